The van der Waals surface area contributed by atoms with E-state index in [1.165, 1.54) is 6.07 Å². The molecule has 1 heterocycles. The van der Waals surface area contributed by atoms with Crippen LogP contribution >= 0.6 is 0 Å². The second-order valence-corrected chi connectivity index (χ2v) is 4.81. The van der Waals surface area contributed by atoms with E-state index in [1.54, 1.807) is 18.3 Å². The Kier molecular flexibility index (Phi) is 3.28. The smallest absolute Gasteiger partial charge is 0.336 e. The van der Waals surface area contributed by atoms with E-state index in [1.807, 2.05) is 30.3 Å². The lowest BCUT2D eigenvalue weighted by molar-refractivity contribution is 0.0698. The van der Waals surface area contributed by atoms with Crippen molar-refractivity contribution < 1.29 is 15.0 Å². The zero-order valence-corrected chi connectivity index (χ0v) is 11.2. The molecule has 104 valence electrons. The first-order valence-corrected chi connectivity index (χ1v) is 6.53. The van der Waals surface area contributed by atoms with E-state index in [-0.39, 0.29) is 11.3 Å². The summed E-state index contributed by atoms with van der Waals surface area (Å²) in [5, 5.41) is 20.4. The van der Waals surface area contributed by atoms with E-state index >= 15 is 0 Å². The number of rotatable bonds is 3. The van der Waals surface area contributed by atoms with Gasteiger partial charge in [0.25, 0.3) is 0 Å². The van der Waals surface area contributed by atoms with Crippen LogP contribution in [0.25, 0.3) is 10.8 Å². The number of hydrogen-bond donors (Lipinski definition) is 2. The number of carboxylic acids is 1. The first-order chi connectivity index (χ1) is 10.1. The number of fused-ring (bicyclic) bond motifs is 1. The van der Waals surface area contributed by atoms with E-state index < -0.39 is 5.97 Å². The minimum atomic E-state index is -1.05. The fourth-order valence-corrected chi connectivity index (χ4v) is 2.46. The molecule has 0 bridgehead atoms. The third-order valence-corrected chi connectivity index (χ3v) is 3.40. The third kappa shape index (κ3) is 2.56. The molecule has 0 amide bonds. The van der Waals surface area contributed by atoms with E-state index in [4.69, 9.17) is 0 Å². The first kappa shape index (κ1) is 13.1. The minimum absolute atomic E-state index is 0.0478. The van der Waals surface area contributed by atoms with Crippen molar-refractivity contribution in [3.63, 3.8) is 0 Å². The monoisotopic (exact) mass is 279 g/mol. The van der Waals surface area contributed by atoms with Crippen molar-refractivity contribution in [3.8, 4) is 5.75 Å². The van der Waals surface area contributed by atoms with Gasteiger partial charge in [-0.1, -0.05) is 24.3 Å². The first-order valence-electron chi connectivity index (χ1n) is 6.53. The zero-order chi connectivity index (χ0) is 14.8. The average Bonchev–Trinajstić information content (AvgIpc) is 2.48. The number of phenolic OH excluding ortho intramolecular Hbond substituents is 1. The summed E-state index contributed by atoms with van der Waals surface area (Å²) in [7, 11) is 0. The Labute approximate surface area is 121 Å². The van der Waals surface area contributed by atoms with E-state index in [0.29, 0.717) is 11.8 Å². The largest absolute Gasteiger partial charge is 0.508 e. The Hall–Kier alpha value is -2.88. The summed E-state index contributed by atoms with van der Waals surface area (Å²) in [5.74, 6) is -1.10. The van der Waals surface area contributed by atoms with Crippen molar-refractivity contribution in [3.05, 3.63) is 71.5 Å². The maximum Gasteiger partial charge on any atom is 0.336 e. The van der Waals surface area contributed by atoms with Crippen LogP contribution in [0.4, 0.5) is 0 Å². The number of aromatic carboxylic acids is 1. The van der Waals surface area contributed by atoms with Crippen molar-refractivity contribution in [2.45, 2.75) is 6.42 Å². The summed E-state index contributed by atoms with van der Waals surface area (Å²) in [6, 6.07) is 14.0. The van der Waals surface area contributed by atoms with Gasteiger partial charge in [0.15, 0.2) is 0 Å². The fourth-order valence-electron chi connectivity index (χ4n) is 2.46. The summed E-state index contributed by atoms with van der Waals surface area (Å²) in [5.41, 5.74) is 1.93. The van der Waals surface area contributed by atoms with Gasteiger partial charge in [-0.05, 0) is 40.6 Å². The highest BCUT2D eigenvalue weighted by Crippen LogP contribution is 2.28. The van der Waals surface area contributed by atoms with Crippen LogP contribution in [-0.2, 0) is 6.42 Å². The van der Waals surface area contributed by atoms with Crippen molar-refractivity contribution in [2.24, 2.45) is 0 Å². The molecule has 4 heteroatoms. The van der Waals surface area contributed by atoms with Gasteiger partial charge < -0.3 is 10.2 Å². The van der Waals surface area contributed by atoms with Gasteiger partial charge in [-0.25, -0.2) is 4.79 Å². The molecule has 0 saturated carbocycles. The Morgan fingerprint density at radius 3 is 2.62 bits per heavy atom. The molecule has 1 aromatic heterocycles. The molecule has 0 spiro atoms. The van der Waals surface area contributed by atoms with Crippen LogP contribution in [0.3, 0.4) is 0 Å². The number of pyridine rings is 1. The van der Waals surface area contributed by atoms with Gasteiger partial charge in [-0.15, -0.1) is 0 Å². The Morgan fingerprint density at radius 1 is 1.05 bits per heavy atom. The van der Waals surface area contributed by atoms with Crippen molar-refractivity contribution in [1.82, 2.24) is 4.98 Å². The minimum Gasteiger partial charge on any atom is -0.508 e. The highest BCUT2D eigenvalue weighted by Gasteiger charge is 2.13. The lowest BCUT2D eigenvalue weighted by Crippen LogP contribution is -1.99. The Balaban J connectivity index is 2.18. The number of hydrogen-bond acceptors (Lipinski definition) is 3. The number of carboxylic acid groups (broad SMARTS) is 1. The van der Waals surface area contributed by atoms with Crippen LogP contribution in [0.1, 0.15) is 21.6 Å². The lowest BCUT2D eigenvalue weighted by Gasteiger charge is -2.09. The van der Waals surface area contributed by atoms with Gasteiger partial charge in [-0.2, -0.15) is 0 Å². The topological polar surface area (TPSA) is 70.4 Å². The van der Waals surface area contributed by atoms with Crippen molar-refractivity contribution in [2.75, 3.05) is 0 Å². The molecule has 2 aromatic carbocycles. The van der Waals surface area contributed by atoms with E-state index in [9.17, 15) is 15.0 Å². The summed E-state index contributed by atoms with van der Waals surface area (Å²) >= 11 is 0. The predicted molar refractivity (Wildman–Crippen MR) is 79.6 cm³/mol. The summed E-state index contributed by atoms with van der Waals surface area (Å²) in [6.07, 6.45) is 2.31. The van der Waals surface area contributed by atoms with Gasteiger partial charge >= 0.3 is 5.97 Å². The van der Waals surface area contributed by atoms with Crippen LogP contribution in [0.2, 0.25) is 0 Å². The number of aromatic hydroxyl groups is 1. The molecule has 0 aliphatic carbocycles. The molecule has 0 aliphatic rings. The van der Waals surface area contributed by atoms with Gasteiger partial charge in [0.05, 0.1) is 5.56 Å². The zero-order valence-electron chi connectivity index (χ0n) is 11.2. The van der Waals surface area contributed by atoms with E-state index in [0.717, 1.165) is 16.6 Å². The quantitative estimate of drug-likeness (QED) is 0.772. The maximum atomic E-state index is 11.3. The van der Waals surface area contributed by atoms with Crippen LogP contribution in [0, 0.1) is 0 Å². The van der Waals surface area contributed by atoms with Gasteiger partial charge in [-0.3, -0.25) is 4.98 Å². The van der Waals surface area contributed by atoms with Crippen LogP contribution in [0.15, 0.2) is 54.7 Å². The molecule has 4 nitrogen and oxygen atoms in total. The molecule has 0 atom stereocenters. The fraction of sp³-hybridized carbons (Fsp3) is 0.0588. The van der Waals surface area contributed by atoms with Crippen LogP contribution in [-0.4, -0.2) is 21.2 Å². The number of phenols is 1. The predicted octanol–water partition coefficient (Wildman–Crippen LogP) is 3.23. The number of carbonyl (C=O) groups is 1. The lowest BCUT2D eigenvalue weighted by atomic mass is 9.97. The SMILES string of the molecule is O=C(O)c1cc(O)cc2c(Cc3ccccn3)cccc12. The highest BCUT2D eigenvalue weighted by molar-refractivity contribution is 6.05. The second kappa shape index (κ2) is 5.25. The van der Waals surface area contributed by atoms with Crippen molar-refractivity contribution >= 4 is 16.7 Å². The summed E-state index contributed by atoms with van der Waals surface area (Å²) in [4.78, 5) is 15.6. The number of benzene rings is 2. The van der Waals surface area contributed by atoms with Crippen molar-refractivity contribution in [1.29, 1.82) is 0 Å². The van der Waals surface area contributed by atoms with Crippen LogP contribution in [0.5, 0.6) is 5.75 Å². The summed E-state index contributed by atoms with van der Waals surface area (Å²) in [6.45, 7) is 0. The molecule has 0 radical (unpaired) electrons. The highest BCUT2D eigenvalue weighted by atomic mass is 16.4. The van der Waals surface area contributed by atoms with Gasteiger partial charge in [0, 0.05) is 18.3 Å². The number of nitrogens with zero attached hydrogens (tertiary/aromatic N) is 1. The molecule has 0 unspecified atom stereocenters. The molecule has 3 aromatic rings. The molecule has 0 saturated heterocycles. The molecule has 0 fully saturated rings. The standard InChI is InChI=1S/C17H13NO3/c19-13-9-15-11(8-12-5-1-2-7-18-12)4-3-6-14(15)16(10-13)17(20)21/h1-7,9-10,19H,8H2,(H,20,21). The summed E-state index contributed by atoms with van der Waals surface area (Å²) < 4.78 is 0. The molecular formula is C17H13NO3. The number of aromatic nitrogens is 1. The average molecular weight is 279 g/mol. The Morgan fingerprint density at radius 2 is 1.90 bits per heavy atom. The van der Waals surface area contributed by atoms with Gasteiger partial charge in [0.2, 0.25) is 0 Å². The third-order valence-electron chi connectivity index (χ3n) is 3.40. The van der Waals surface area contributed by atoms with E-state index in [2.05, 4.69) is 4.98 Å². The maximum absolute atomic E-state index is 11.3. The molecule has 0 aliphatic heterocycles. The second-order valence-electron chi connectivity index (χ2n) is 4.81. The molecular weight excluding hydrogens is 266 g/mol. The van der Waals surface area contributed by atoms with Gasteiger partial charge in [0.1, 0.15) is 5.75 Å². The Bertz CT molecular complexity index is 813. The van der Waals surface area contributed by atoms with Crippen LogP contribution < -0.4 is 0 Å². The normalized spacial score (nSPS) is 10.7. The molecule has 21 heavy (non-hydrogen) atoms. The molecule has 3 rings (SSSR count). The molecule has 2 N–H and O–H groups in total.